The maximum atomic E-state index is 14.2. The molecule has 6 rings (SSSR count). The van der Waals surface area contributed by atoms with Crippen LogP contribution in [0.4, 0.5) is 26.3 Å². The van der Waals surface area contributed by atoms with Crippen LogP contribution in [0.3, 0.4) is 0 Å². The molecule has 0 fully saturated rings. The van der Waals surface area contributed by atoms with E-state index in [-0.39, 0.29) is 0 Å². The quantitative estimate of drug-likeness (QED) is 0.106. The Bertz CT molecular complexity index is 2360. The smallest absolute Gasteiger partial charge is 0.417 e. The van der Waals surface area contributed by atoms with Crippen molar-refractivity contribution in [1.29, 1.82) is 0 Å². The van der Waals surface area contributed by atoms with Crippen LogP contribution in [-0.4, -0.2) is 58.0 Å². The lowest BCUT2D eigenvalue weighted by Crippen LogP contribution is -2.51. The molecule has 0 radical (unpaired) electrons. The van der Waals surface area contributed by atoms with Gasteiger partial charge in [-0.25, -0.2) is 0 Å². The van der Waals surface area contributed by atoms with E-state index in [1.807, 2.05) is 12.1 Å². The van der Waals surface area contributed by atoms with Crippen molar-refractivity contribution in [2.75, 3.05) is 14.2 Å². The fourth-order valence-electron chi connectivity index (χ4n) is 7.76. The minimum Gasteiger partial charge on any atom is -0.496 e. The monoisotopic (exact) mass is 950 g/mol. The highest BCUT2D eigenvalue weighted by Gasteiger charge is 2.57. The number of nitrogens with one attached hydrogen (secondary N) is 1. The number of ether oxygens (including phenoxy) is 2. The molecule has 0 saturated carbocycles. The van der Waals surface area contributed by atoms with Crippen molar-refractivity contribution in [3.05, 3.63) is 135 Å². The molecule has 2 atom stereocenters. The molecule has 2 heterocycles. The zero-order valence-corrected chi connectivity index (χ0v) is 36.5. The Kier molecular flexibility index (Phi) is 13.6. The maximum absolute atomic E-state index is 14.2. The summed E-state index contributed by atoms with van der Waals surface area (Å²) in [7, 11) is 2.95. The molecule has 2 unspecified atom stereocenters. The molecule has 0 spiro atoms. The maximum Gasteiger partial charge on any atom is 0.417 e. The zero-order valence-electron chi connectivity index (χ0n) is 33.3. The molecule has 3 N–H and O–H groups in total. The fraction of sp³-hybridized carbons (Fsp3) is 0.356. The minimum atomic E-state index is -4.83. The molecule has 14 heteroatoms. The van der Waals surface area contributed by atoms with Gasteiger partial charge in [-0.2, -0.15) is 26.3 Å². The predicted molar refractivity (Wildman–Crippen MR) is 226 cm³/mol. The number of pyridine rings is 1. The fourth-order valence-corrected chi connectivity index (χ4v) is 8.49. The molecule has 2 aromatic heterocycles. The number of nitrogens with zero attached hydrogens (tertiary/aromatic N) is 1. The summed E-state index contributed by atoms with van der Waals surface area (Å²) in [6, 6.07) is 27.8. The van der Waals surface area contributed by atoms with Crippen molar-refractivity contribution in [1.82, 2.24) is 9.97 Å². The van der Waals surface area contributed by atoms with Crippen LogP contribution in [0.15, 0.2) is 112 Å². The van der Waals surface area contributed by atoms with Gasteiger partial charge in [-0.3, -0.25) is 4.98 Å². The number of H-pyrrole nitrogens is 1. The molecule has 59 heavy (non-hydrogen) atoms. The van der Waals surface area contributed by atoms with Gasteiger partial charge in [0.1, 0.15) is 11.5 Å². The Labute approximate surface area is 356 Å². The third-order valence-electron chi connectivity index (χ3n) is 10.6. The number of fused-ring (bicyclic) bond motifs is 2. The van der Waals surface area contributed by atoms with Crippen molar-refractivity contribution in [3.63, 3.8) is 0 Å². The number of aromatic amines is 1. The average Bonchev–Trinajstić information content (AvgIpc) is 3.56. The molecule has 6 nitrogen and oxygen atoms in total. The number of benzene rings is 4. The average molecular weight is 953 g/mol. The summed E-state index contributed by atoms with van der Waals surface area (Å²) in [5.41, 5.74) is -4.64. The van der Waals surface area contributed by atoms with E-state index in [2.05, 4.69) is 41.8 Å². The number of alkyl halides is 6. The molecule has 6 aromatic rings. The van der Waals surface area contributed by atoms with E-state index < -0.39 is 60.1 Å². The Hall–Kier alpha value is -4.11. The lowest BCUT2D eigenvalue weighted by atomic mass is 9.72. The van der Waals surface area contributed by atoms with E-state index in [0.717, 1.165) is 19.8 Å². The molecule has 0 aliphatic carbocycles. The van der Waals surface area contributed by atoms with E-state index in [9.17, 15) is 36.6 Å². The second kappa shape index (κ2) is 17.5. The molecule has 0 bridgehead atoms. The Morgan fingerprint density at radius 1 is 0.627 bits per heavy atom. The number of aliphatic hydroxyl groups is 2. The summed E-state index contributed by atoms with van der Waals surface area (Å²) in [4.78, 5) is 7.19. The zero-order chi connectivity index (χ0) is 43.6. The van der Waals surface area contributed by atoms with Crippen LogP contribution in [0.25, 0.3) is 21.8 Å². The van der Waals surface area contributed by atoms with Gasteiger partial charge in [0.05, 0.1) is 19.7 Å². The van der Waals surface area contributed by atoms with Gasteiger partial charge >= 0.3 is 12.4 Å². The van der Waals surface area contributed by atoms with E-state index >= 15 is 0 Å². The Balaban J connectivity index is 0.000000224. The number of methoxy groups -OCH3 is 2. The Morgan fingerprint density at radius 2 is 1.12 bits per heavy atom. The first-order chi connectivity index (χ1) is 27.4. The summed E-state index contributed by atoms with van der Waals surface area (Å²) >= 11 is 6.74. The first kappa shape index (κ1) is 46.0. The van der Waals surface area contributed by atoms with Crippen molar-refractivity contribution in [2.45, 2.75) is 87.8 Å². The number of aromatic nitrogens is 2. The number of rotatable bonds is 12. The third-order valence-corrected chi connectivity index (χ3v) is 11.6. The highest BCUT2D eigenvalue weighted by molar-refractivity contribution is 9.10. The predicted octanol–water partition coefficient (Wildman–Crippen LogP) is 12.4. The van der Waals surface area contributed by atoms with Crippen molar-refractivity contribution in [3.8, 4) is 11.5 Å². The van der Waals surface area contributed by atoms with Crippen molar-refractivity contribution in [2.24, 2.45) is 0 Å². The van der Waals surface area contributed by atoms with Crippen LogP contribution in [0, 0.1) is 0 Å². The first-order valence-corrected chi connectivity index (χ1v) is 20.2. The largest absolute Gasteiger partial charge is 0.496 e. The molecule has 0 aliphatic heterocycles. The van der Waals surface area contributed by atoms with Crippen LogP contribution >= 0.6 is 31.9 Å². The molecular weight excluding hydrogens is 906 g/mol. The highest BCUT2D eigenvalue weighted by Crippen LogP contribution is 2.47. The van der Waals surface area contributed by atoms with Crippen LogP contribution in [-0.2, 0) is 23.7 Å². The van der Waals surface area contributed by atoms with Gasteiger partial charge in [0.25, 0.3) is 0 Å². The van der Waals surface area contributed by atoms with Gasteiger partial charge < -0.3 is 24.7 Å². The Morgan fingerprint density at radius 3 is 1.63 bits per heavy atom. The molecular formula is C45H46Br2F6N2O4. The van der Waals surface area contributed by atoms with Crippen molar-refractivity contribution < 1.29 is 46.0 Å². The van der Waals surface area contributed by atoms with Gasteiger partial charge in [0, 0.05) is 55.7 Å². The SMILES string of the molecule is COc1ccc(Br)cc1C(C)(C)CC(O)(Cc1cc2ccccc2[nH]1)C(F)(F)F.COc1ccc(Br)cc1C(C)(C)CC(O)(Cc1ccnc2ccccc12)C(F)(F)F. The van der Waals surface area contributed by atoms with Gasteiger partial charge in [-0.05, 0) is 95.3 Å². The number of halogens is 8. The second-order valence-electron chi connectivity index (χ2n) is 16.1. The standard InChI is InChI=1S/C23H23BrF3NO2.C22H23BrF3NO2/c1-21(2,18-12-16(24)8-9-20(18)30-3)14-22(29,23(25,26)27)13-15-10-11-28-19-7-5-4-6-17(15)19;1-20(2,17-11-15(23)8-9-19(17)29-3)13-21(28,22(24,25)26)12-16-10-14-6-4-5-7-18(14)27-16/h4-12,29H,13-14H2,1-3H3;4-11,27-28H,12-13H2,1-3H3. The molecule has 0 amide bonds. The molecule has 0 aliphatic rings. The minimum absolute atomic E-state index is 0.336. The van der Waals surface area contributed by atoms with E-state index in [0.29, 0.717) is 44.8 Å². The van der Waals surface area contributed by atoms with E-state index in [4.69, 9.17) is 9.47 Å². The summed E-state index contributed by atoms with van der Waals surface area (Å²) in [5.74, 6) is 0.954. The third kappa shape index (κ3) is 10.4. The summed E-state index contributed by atoms with van der Waals surface area (Å²) in [5, 5.41) is 23.3. The highest BCUT2D eigenvalue weighted by atomic mass is 79.9. The lowest BCUT2D eigenvalue weighted by molar-refractivity contribution is -0.266. The normalized spacial score (nSPS) is 14.6. The number of para-hydroxylation sites is 2. The first-order valence-electron chi connectivity index (χ1n) is 18.6. The van der Waals surface area contributed by atoms with Crippen LogP contribution in [0.1, 0.15) is 62.9 Å². The summed E-state index contributed by atoms with van der Waals surface area (Å²) < 4.78 is 96.9. The summed E-state index contributed by atoms with van der Waals surface area (Å²) in [6.45, 7) is 6.72. The topological polar surface area (TPSA) is 87.6 Å². The van der Waals surface area contributed by atoms with Crippen LogP contribution in [0.5, 0.6) is 11.5 Å². The molecule has 0 saturated heterocycles. The lowest BCUT2D eigenvalue weighted by Gasteiger charge is -2.38. The number of hydrogen-bond acceptors (Lipinski definition) is 5. The number of hydrogen-bond donors (Lipinski definition) is 3. The molecule has 316 valence electrons. The van der Waals surface area contributed by atoms with Gasteiger partial charge in [0.2, 0.25) is 0 Å². The van der Waals surface area contributed by atoms with E-state index in [1.165, 1.54) is 26.5 Å². The van der Waals surface area contributed by atoms with Gasteiger partial charge in [-0.15, -0.1) is 0 Å². The second-order valence-corrected chi connectivity index (χ2v) is 17.9. The van der Waals surface area contributed by atoms with Gasteiger partial charge in [0.15, 0.2) is 11.2 Å². The van der Waals surface area contributed by atoms with Gasteiger partial charge in [-0.1, -0.05) is 96.0 Å². The van der Waals surface area contributed by atoms with Crippen LogP contribution < -0.4 is 9.47 Å². The molecule has 4 aromatic carbocycles. The van der Waals surface area contributed by atoms with Crippen molar-refractivity contribution >= 4 is 53.7 Å². The van der Waals surface area contributed by atoms with E-state index in [1.54, 1.807) is 107 Å². The summed E-state index contributed by atoms with van der Waals surface area (Å²) in [6.07, 6.45) is -10.4. The van der Waals surface area contributed by atoms with Crippen LogP contribution in [0.2, 0.25) is 0 Å².